The van der Waals surface area contributed by atoms with Crippen molar-refractivity contribution >= 4 is 6.09 Å². The maximum atomic E-state index is 12.0. The molecule has 0 radical (unpaired) electrons. The lowest BCUT2D eigenvalue weighted by atomic mass is 10.1. The molecule has 0 N–H and O–H groups in total. The van der Waals surface area contributed by atoms with Crippen LogP contribution in [-0.2, 0) is 16.0 Å². The number of hydrogen-bond acceptors (Lipinski definition) is 5. The Labute approximate surface area is 156 Å². The lowest BCUT2D eigenvalue weighted by molar-refractivity contribution is -0.0222. The van der Waals surface area contributed by atoms with E-state index in [9.17, 15) is 4.79 Å². The summed E-state index contributed by atoms with van der Waals surface area (Å²) in [6, 6.07) is 6.36. The number of hydrogen-bond donors (Lipinski definition) is 0. The van der Waals surface area contributed by atoms with Gasteiger partial charge in [0.05, 0.1) is 26.3 Å². The molecule has 0 bridgehead atoms. The minimum Gasteiger partial charge on any atom is -0.486 e. The highest BCUT2D eigenvalue weighted by atomic mass is 16.6. The monoisotopic (exact) mass is 362 g/mol. The maximum absolute atomic E-state index is 12.0. The van der Waals surface area contributed by atoms with Gasteiger partial charge < -0.3 is 19.1 Å². The lowest BCUT2D eigenvalue weighted by Gasteiger charge is -2.39. The lowest BCUT2D eigenvalue weighted by Crippen LogP contribution is -2.57. The molecular formula is C20H30N2O4. The summed E-state index contributed by atoms with van der Waals surface area (Å²) < 4.78 is 16.8. The summed E-state index contributed by atoms with van der Waals surface area (Å²) >= 11 is 0. The summed E-state index contributed by atoms with van der Waals surface area (Å²) in [7, 11) is 0. The normalized spacial score (nSPS) is 19.2. The van der Waals surface area contributed by atoms with E-state index in [1.165, 1.54) is 5.56 Å². The van der Waals surface area contributed by atoms with Crippen LogP contribution in [0.2, 0.25) is 0 Å². The van der Waals surface area contributed by atoms with Gasteiger partial charge in [0.2, 0.25) is 0 Å². The van der Waals surface area contributed by atoms with Crippen molar-refractivity contribution in [1.29, 1.82) is 0 Å². The maximum Gasteiger partial charge on any atom is 0.410 e. The van der Waals surface area contributed by atoms with Gasteiger partial charge in [-0.2, -0.15) is 0 Å². The Morgan fingerprint density at radius 1 is 1.23 bits per heavy atom. The van der Waals surface area contributed by atoms with Gasteiger partial charge in [-0.15, -0.1) is 0 Å². The van der Waals surface area contributed by atoms with Crippen LogP contribution in [0.3, 0.4) is 0 Å². The van der Waals surface area contributed by atoms with Crippen LogP contribution in [0.1, 0.15) is 31.9 Å². The average molecular weight is 362 g/mol. The second-order valence-electron chi connectivity index (χ2n) is 8.11. The van der Waals surface area contributed by atoms with E-state index < -0.39 is 5.60 Å². The van der Waals surface area contributed by atoms with Crippen LogP contribution in [0.25, 0.3) is 0 Å². The summed E-state index contributed by atoms with van der Waals surface area (Å²) in [4.78, 5) is 16.1. The van der Waals surface area contributed by atoms with Crippen LogP contribution >= 0.6 is 0 Å². The molecule has 1 aromatic rings. The molecule has 2 aliphatic heterocycles. The first-order chi connectivity index (χ1) is 12.3. The first-order valence-corrected chi connectivity index (χ1v) is 9.34. The SMILES string of the molecule is Cc1cc(CN2CCOCC2)ccc1OC1CN(C(=O)OC(C)(C)C)C1. The number of likely N-dealkylation sites (tertiary alicyclic amines) is 1. The van der Waals surface area contributed by atoms with Gasteiger partial charge in [-0.25, -0.2) is 4.79 Å². The van der Waals surface area contributed by atoms with Crippen LogP contribution in [0.5, 0.6) is 5.75 Å². The molecule has 2 heterocycles. The van der Waals surface area contributed by atoms with Crippen molar-refractivity contribution in [3.8, 4) is 5.75 Å². The smallest absolute Gasteiger partial charge is 0.410 e. The summed E-state index contributed by atoms with van der Waals surface area (Å²) in [5.41, 5.74) is 1.96. The van der Waals surface area contributed by atoms with Crippen molar-refractivity contribution in [2.45, 2.75) is 45.9 Å². The fourth-order valence-corrected chi connectivity index (χ4v) is 3.13. The Kier molecular flexibility index (Phi) is 5.73. The van der Waals surface area contributed by atoms with Gasteiger partial charge in [0.1, 0.15) is 17.5 Å². The Bertz CT molecular complexity index is 629. The van der Waals surface area contributed by atoms with Crippen molar-refractivity contribution in [3.63, 3.8) is 0 Å². The van der Waals surface area contributed by atoms with Crippen LogP contribution in [0.15, 0.2) is 18.2 Å². The van der Waals surface area contributed by atoms with Crippen LogP contribution in [0.4, 0.5) is 4.79 Å². The largest absolute Gasteiger partial charge is 0.486 e. The van der Waals surface area contributed by atoms with Gasteiger partial charge in [-0.1, -0.05) is 12.1 Å². The highest BCUT2D eigenvalue weighted by molar-refractivity contribution is 5.69. The third-order valence-corrected chi connectivity index (χ3v) is 4.54. The highest BCUT2D eigenvalue weighted by Crippen LogP contribution is 2.25. The number of ether oxygens (including phenoxy) is 3. The van der Waals surface area contributed by atoms with E-state index in [2.05, 4.69) is 24.0 Å². The van der Waals surface area contributed by atoms with Crippen molar-refractivity contribution in [2.75, 3.05) is 39.4 Å². The van der Waals surface area contributed by atoms with E-state index in [0.717, 1.165) is 44.2 Å². The van der Waals surface area contributed by atoms with Crippen LogP contribution < -0.4 is 4.74 Å². The molecule has 1 aromatic carbocycles. The zero-order valence-electron chi connectivity index (χ0n) is 16.3. The second-order valence-corrected chi connectivity index (χ2v) is 8.11. The van der Waals surface area contributed by atoms with Crippen molar-refractivity contribution in [1.82, 2.24) is 9.80 Å². The van der Waals surface area contributed by atoms with Crippen LogP contribution in [0, 0.1) is 6.92 Å². The van der Waals surface area contributed by atoms with Gasteiger partial charge in [0.15, 0.2) is 0 Å². The Balaban J connectivity index is 1.48. The van der Waals surface area contributed by atoms with E-state index >= 15 is 0 Å². The molecule has 6 heteroatoms. The first kappa shape index (κ1) is 19.0. The Morgan fingerprint density at radius 2 is 1.92 bits per heavy atom. The van der Waals surface area contributed by atoms with Gasteiger partial charge in [-0.3, -0.25) is 4.90 Å². The van der Waals surface area contributed by atoms with Gasteiger partial charge in [0, 0.05) is 19.6 Å². The number of carbonyl (C=O) groups is 1. The molecule has 0 unspecified atom stereocenters. The Hall–Kier alpha value is -1.79. The number of rotatable bonds is 4. The number of aryl methyl sites for hydroxylation is 1. The molecule has 0 aromatic heterocycles. The molecule has 0 atom stereocenters. The molecule has 0 aliphatic carbocycles. The average Bonchev–Trinajstić information content (AvgIpc) is 2.51. The molecule has 2 aliphatic rings. The van der Waals surface area contributed by atoms with Crippen molar-refractivity contribution in [3.05, 3.63) is 29.3 Å². The van der Waals surface area contributed by atoms with E-state index in [4.69, 9.17) is 14.2 Å². The second kappa shape index (κ2) is 7.84. The van der Waals surface area contributed by atoms with Gasteiger partial charge in [-0.05, 0) is 44.9 Å². The summed E-state index contributed by atoms with van der Waals surface area (Å²) in [5, 5.41) is 0. The quantitative estimate of drug-likeness (QED) is 0.824. The molecule has 6 nitrogen and oxygen atoms in total. The van der Waals surface area contributed by atoms with E-state index in [-0.39, 0.29) is 12.2 Å². The third kappa shape index (κ3) is 5.11. The molecule has 3 rings (SSSR count). The third-order valence-electron chi connectivity index (χ3n) is 4.54. The molecule has 144 valence electrons. The number of nitrogens with zero attached hydrogens (tertiary/aromatic N) is 2. The zero-order chi connectivity index (χ0) is 18.7. The van der Waals surface area contributed by atoms with E-state index in [1.807, 2.05) is 26.8 Å². The van der Waals surface area contributed by atoms with E-state index in [1.54, 1.807) is 4.90 Å². The van der Waals surface area contributed by atoms with Crippen molar-refractivity contribution < 1.29 is 19.0 Å². The number of amides is 1. The number of carbonyl (C=O) groups excluding carboxylic acids is 1. The predicted octanol–water partition coefficient (Wildman–Crippen LogP) is 2.83. The topological polar surface area (TPSA) is 51.2 Å². The highest BCUT2D eigenvalue weighted by Gasteiger charge is 2.35. The summed E-state index contributed by atoms with van der Waals surface area (Å²) in [6.07, 6.45) is -0.235. The summed E-state index contributed by atoms with van der Waals surface area (Å²) in [6.45, 7) is 13.4. The minimum absolute atomic E-state index is 0.0336. The molecule has 0 saturated carbocycles. The summed E-state index contributed by atoms with van der Waals surface area (Å²) in [5.74, 6) is 0.893. The van der Waals surface area contributed by atoms with E-state index in [0.29, 0.717) is 13.1 Å². The Morgan fingerprint density at radius 3 is 2.54 bits per heavy atom. The molecule has 1 amide bonds. The van der Waals surface area contributed by atoms with Crippen LogP contribution in [-0.4, -0.2) is 67.0 Å². The zero-order valence-corrected chi connectivity index (χ0v) is 16.3. The number of morpholine rings is 1. The fourth-order valence-electron chi connectivity index (χ4n) is 3.13. The van der Waals surface area contributed by atoms with Gasteiger partial charge in [0.25, 0.3) is 0 Å². The van der Waals surface area contributed by atoms with Gasteiger partial charge >= 0.3 is 6.09 Å². The first-order valence-electron chi connectivity index (χ1n) is 9.34. The predicted molar refractivity (Wildman–Crippen MR) is 99.5 cm³/mol. The molecule has 2 saturated heterocycles. The standard InChI is InChI=1S/C20H30N2O4/c1-15-11-16(12-21-7-9-24-10-8-21)5-6-18(15)25-17-13-22(14-17)19(23)26-20(2,3)4/h5-6,11,17H,7-10,12-14H2,1-4H3. The molecule has 2 fully saturated rings. The minimum atomic E-state index is -0.462. The number of benzene rings is 1. The fraction of sp³-hybridized carbons (Fsp3) is 0.650. The molecular weight excluding hydrogens is 332 g/mol. The molecule has 0 spiro atoms. The molecule has 26 heavy (non-hydrogen) atoms. The van der Waals surface area contributed by atoms with Crippen molar-refractivity contribution in [2.24, 2.45) is 0 Å².